The van der Waals surface area contributed by atoms with Crippen LogP contribution in [0.25, 0.3) is 0 Å². The summed E-state index contributed by atoms with van der Waals surface area (Å²) < 4.78 is 14.2. The van der Waals surface area contributed by atoms with Crippen LogP contribution in [0.3, 0.4) is 0 Å². The Balaban J connectivity index is 1.85. The molecule has 0 bridgehead atoms. The number of anilines is 1. The Morgan fingerprint density at radius 3 is 2.75 bits per heavy atom. The Labute approximate surface area is 128 Å². The second-order valence-electron chi connectivity index (χ2n) is 6.24. The minimum absolute atomic E-state index is 0.172. The standard InChI is InChI=1S/C16H22BrFN2/c1-12-9-14(18)13(17)10-15(12)20-8-7-19-16(11-20)5-3-2-4-6-16/h9-10,19H,2-8,11H2,1H3. The number of benzene rings is 1. The lowest BCUT2D eigenvalue weighted by atomic mass is 9.80. The summed E-state index contributed by atoms with van der Waals surface area (Å²) in [5.74, 6) is -0.172. The van der Waals surface area contributed by atoms with Crippen LogP contribution in [-0.2, 0) is 0 Å². The summed E-state index contributed by atoms with van der Waals surface area (Å²) in [7, 11) is 0. The second-order valence-corrected chi connectivity index (χ2v) is 7.10. The van der Waals surface area contributed by atoms with Crippen LogP contribution in [0.2, 0.25) is 0 Å². The molecule has 1 spiro atoms. The molecular weight excluding hydrogens is 319 g/mol. The van der Waals surface area contributed by atoms with E-state index in [0.29, 0.717) is 4.47 Å². The lowest BCUT2D eigenvalue weighted by Crippen LogP contribution is -2.61. The molecule has 4 heteroatoms. The molecule has 2 nitrogen and oxygen atoms in total. The average molecular weight is 341 g/mol. The first kappa shape index (κ1) is 14.3. The van der Waals surface area contributed by atoms with Gasteiger partial charge < -0.3 is 10.2 Å². The molecule has 0 atom stereocenters. The summed E-state index contributed by atoms with van der Waals surface area (Å²) >= 11 is 3.32. The number of nitrogens with one attached hydrogen (secondary N) is 1. The van der Waals surface area contributed by atoms with E-state index in [0.717, 1.165) is 25.2 Å². The highest BCUT2D eigenvalue weighted by Crippen LogP contribution is 2.34. The number of rotatable bonds is 1. The largest absolute Gasteiger partial charge is 0.368 e. The van der Waals surface area contributed by atoms with Gasteiger partial charge in [-0.15, -0.1) is 0 Å². The average Bonchev–Trinajstić information content (AvgIpc) is 2.44. The van der Waals surface area contributed by atoms with E-state index in [-0.39, 0.29) is 11.4 Å². The third-order valence-corrected chi connectivity index (χ3v) is 5.37. The van der Waals surface area contributed by atoms with Crippen LogP contribution in [0.1, 0.15) is 37.7 Å². The topological polar surface area (TPSA) is 15.3 Å². The molecule has 0 aromatic heterocycles. The minimum atomic E-state index is -0.172. The van der Waals surface area contributed by atoms with Crippen molar-refractivity contribution < 1.29 is 4.39 Å². The predicted molar refractivity (Wildman–Crippen MR) is 84.9 cm³/mol. The van der Waals surface area contributed by atoms with Gasteiger partial charge in [0.2, 0.25) is 0 Å². The number of nitrogens with zero attached hydrogens (tertiary/aromatic N) is 1. The first-order chi connectivity index (χ1) is 9.60. The van der Waals surface area contributed by atoms with Crippen LogP contribution in [0.5, 0.6) is 0 Å². The summed E-state index contributed by atoms with van der Waals surface area (Å²) in [5, 5.41) is 3.75. The molecule has 0 radical (unpaired) electrons. The van der Waals surface area contributed by atoms with Crippen molar-refractivity contribution in [2.75, 3.05) is 24.5 Å². The zero-order valence-electron chi connectivity index (χ0n) is 12.0. The molecule has 1 aromatic carbocycles. The second kappa shape index (κ2) is 5.64. The monoisotopic (exact) mass is 340 g/mol. The molecule has 1 N–H and O–H groups in total. The Hall–Kier alpha value is -0.610. The summed E-state index contributed by atoms with van der Waals surface area (Å²) in [6.07, 6.45) is 6.56. The molecule has 110 valence electrons. The molecule has 1 aromatic rings. The fraction of sp³-hybridized carbons (Fsp3) is 0.625. The van der Waals surface area contributed by atoms with Gasteiger partial charge in [0, 0.05) is 30.9 Å². The fourth-order valence-corrected chi connectivity index (χ4v) is 4.03. The highest BCUT2D eigenvalue weighted by Gasteiger charge is 2.36. The zero-order valence-corrected chi connectivity index (χ0v) is 13.6. The van der Waals surface area contributed by atoms with E-state index in [1.807, 2.05) is 13.0 Å². The maximum atomic E-state index is 13.6. The molecule has 0 unspecified atom stereocenters. The highest BCUT2D eigenvalue weighted by atomic mass is 79.9. The van der Waals surface area contributed by atoms with Gasteiger partial charge in [-0.25, -0.2) is 4.39 Å². The molecule has 1 aliphatic heterocycles. The lowest BCUT2D eigenvalue weighted by molar-refractivity contribution is 0.216. The number of halogens is 2. The highest BCUT2D eigenvalue weighted by molar-refractivity contribution is 9.10. The molecule has 0 amide bonds. The van der Waals surface area contributed by atoms with Gasteiger partial charge in [0.05, 0.1) is 4.47 Å². The Morgan fingerprint density at radius 2 is 2.00 bits per heavy atom. The summed E-state index contributed by atoms with van der Waals surface area (Å²) in [4.78, 5) is 2.43. The maximum Gasteiger partial charge on any atom is 0.137 e. The van der Waals surface area contributed by atoms with Gasteiger partial charge in [-0.05, 0) is 53.4 Å². The molecule has 2 fully saturated rings. The molecule has 1 saturated heterocycles. The molecule has 2 aliphatic rings. The van der Waals surface area contributed by atoms with E-state index < -0.39 is 0 Å². The SMILES string of the molecule is Cc1cc(F)c(Br)cc1N1CCNC2(CCCCC2)C1. The van der Waals surface area contributed by atoms with E-state index in [2.05, 4.69) is 26.1 Å². The van der Waals surface area contributed by atoms with Gasteiger partial charge in [0.15, 0.2) is 0 Å². The Kier molecular flexibility index (Phi) is 4.04. The van der Waals surface area contributed by atoms with Crippen LogP contribution in [0.15, 0.2) is 16.6 Å². The van der Waals surface area contributed by atoms with Crippen molar-refractivity contribution in [1.82, 2.24) is 5.32 Å². The number of aryl methyl sites for hydroxylation is 1. The third-order valence-electron chi connectivity index (χ3n) is 4.77. The normalized spacial score (nSPS) is 22.2. The quantitative estimate of drug-likeness (QED) is 0.830. The number of piperazine rings is 1. The minimum Gasteiger partial charge on any atom is -0.368 e. The van der Waals surface area contributed by atoms with Crippen LogP contribution in [-0.4, -0.2) is 25.2 Å². The molecule has 1 aliphatic carbocycles. The van der Waals surface area contributed by atoms with Crippen LogP contribution >= 0.6 is 15.9 Å². The van der Waals surface area contributed by atoms with Gasteiger partial charge in [-0.1, -0.05) is 19.3 Å². The van der Waals surface area contributed by atoms with Crippen molar-refractivity contribution in [2.45, 2.75) is 44.6 Å². The van der Waals surface area contributed by atoms with E-state index in [4.69, 9.17) is 0 Å². The predicted octanol–water partition coefficient (Wildman–Crippen LogP) is 4.01. The Bertz CT molecular complexity index is 492. The van der Waals surface area contributed by atoms with Crippen molar-refractivity contribution in [3.63, 3.8) is 0 Å². The summed E-state index contributed by atoms with van der Waals surface area (Å²) in [6, 6.07) is 3.57. The Morgan fingerprint density at radius 1 is 1.25 bits per heavy atom. The van der Waals surface area contributed by atoms with Crippen molar-refractivity contribution in [3.8, 4) is 0 Å². The molecule has 3 rings (SSSR count). The van der Waals surface area contributed by atoms with Gasteiger partial charge >= 0.3 is 0 Å². The first-order valence-electron chi connectivity index (χ1n) is 7.55. The first-order valence-corrected chi connectivity index (χ1v) is 8.35. The van der Waals surface area contributed by atoms with Crippen molar-refractivity contribution >= 4 is 21.6 Å². The van der Waals surface area contributed by atoms with Crippen LogP contribution in [0.4, 0.5) is 10.1 Å². The summed E-state index contributed by atoms with van der Waals surface area (Å²) in [5.41, 5.74) is 2.48. The van der Waals surface area contributed by atoms with E-state index >= 15 is 0 Å². The van der Waals surface area contributed by atoms with Gasteiger partial charge in [-0.3, -0.25) is 0 Å². The van der Waals surface area contributed by atoms with E-state index in [1.165, 1.54) is 37.8 Å². The van der Waals surface area contributed by atoms with Crippen molar-refractivity contribution in [3.05, 3.63) is 28.0 Å². The molecule has 20 heavy (non-hydrogen) atoms. The fourth-order valence-electron chi connectivity index (χ4n) is 3.70. The smallest absolute Gasteiger partial charge is 0.137 e. The van der Waals surface area contributed by atoms with Crippen LogP contribution in [0, 0.1) is 12.7 Å². The van der Waals surface area contributed by atoms with Crippen LogP contribution < -0.4 is 10.2 Å². The third kappa shape index (κ3) is 2.73. The maximum absolute atomic E-state index is 13.6. The van der Waals surface area contributed by atoms with Crippen molar-refractivity contribution in [1.29, 1.82) is 0 Å². The van der Waals surface area contributed by atoms with E-state index in [9.17, 15) is 4.39 Å². The lowest BCUT2D eigenvalue weighted by Gasteiger charge is -2.47. The number of hydrogen-bond donors (Lipinski definition) is 1. The van der Waals surface area contributed by atoms with Gasteiger partial charge in [-0.2, -0.15) is 0 Å². The number of hydrogen-bond acceptors (Lipinski definition) is 2. The van der Waals surface area contributed by atoms with E-state index in [1.54, 1.807) is 6.07 Å². The van der Waals surface area contributed by atoms with Crippen molar-refractivity contribution in [2.24, 2.45) is 0 Å². The zero-order chi connectivity index (χ0) is 14.2. The molecule has 1 saturated carbocycles. The molecular formula is C16H22BrFN2. The molecule has 1 heterocycles. The summed E-state index contributed by atoms with van der Waals surface area (Å²) in [6.45, 7) is 5.07. The van der Waals surface area contributed by atoms with Gasteiger partial charge in [0.25, 0.3) is 0 Å². The van der Waals surface area contributed by atoms with Gasteiger partial charge in [0.1, 0.15) is 5.82 Å².